The second-order valence-corrected chi connectivity index (χ2v) is 20.2. The summed E-state index contributed by atoms with van der Waals surface area (Å²) in [6.07, 6.45) is 7.11. The maximum Gasteiger partial charge on any atom is 0.411 e. The molecular weight excluding hydrogens is 785 g/mol. The zero-order valence-electron chi connectivity index (χ0n) is 40.5. The molecule has 0 bridgehead atoms. The van der Waals surface area contributed by atoms with Gasteiger partial charge in [-0.15, -0.1) is 0 Å². The van der Waals surface area contributed by atoms with Crippen LogP contribution in [0.25, 0.3) is 0 Å². The van der Waals surface area contributed by atoms with E-state index >= 15 is 0 Å². The molecule has 2 rings (SSSR count). The van der Waals surface area contributed by atoms with Gasteiger partial charge in [0.2, 0.25) is 0 Å². The summed E-state index contributed by atoms with van der Waals surface area (Å²) in [7, 11) is 0. The molecule has 350 valence electrons. The quantitative estimate of drug-likeness (QED) is 0.0623. The first-order valence-corrected chi connectivity index (χ1v) is 22.9. The molecular formula is C50H82N4O8. The number of hydrogen-bond acceptors (Lipinski definition) is 9. The maximum atomic E-state index is 13.8. The number of carbonyl (C=O) groups excluding carboxylic acids is 4. The lowest BCUT2D eigenvalue weighted by molar-refractivity contribution is -0.161. The molecule has 1 unspecified atom stereocenters. The molecule has 3 amide bonds. The number of nitrogens with one attached hydrogen (secondary N) is 1. The van der Waals surface area contributed by atoms with E-state index in [1.165, 1.54) is 4.90 Å². The molecule has 12 nitrogen and oxygen atoms in total. The molecule has 2 aromatic carbocycles. The van der Waals surface area contributed by atoms with Gasteiger partial charge < -0.3 is 34.1 Å². The van der Waals surface area contributed by atoms with E-state index in [0.717, 1.165) is 69.2 Å². The SMILES string of the molecule is CC(C)(C)OC(=O)C(CCCN(Cc1ccccc1)C(=O)OC(C)(C)C)N(CCCCCCCCNCCCCN(Cc1ccccc1)C(=O)OC(C)(C)C)C(=O)OC(C)(C)C. The van der Waals surface area contributed by atoms with Crippen molar-refractivity contribution in [3.05, 3.63) is 71.8 Å². The molecule has 0 fully saturated rings. The standard InChI is InChI=1S/C50H82N4O8/c1-47(2,3)59-43(55)42(32-27-36-53(45(57)61-49(7,8)9)39-41-30-21-18-22-31-41)54(46(58)62-50(10,11)12)37-25-16-14-13-15-23-33-51-34-24-26-35-52(44(56)60-48(4,5)6)38-40-28-19-17-20-29-40/h17-22,28-31,42,51H,13-16,23-27,32-39H2,1-12H3. The number of amides is 3. The molecule has 12 heteroatoms. The van der Waals surface area contributed by atoms with Crippen LogP contribution in [0.4, 0.5) is 14.4 Å². The average Bonchev–Trinajstić information content (AvgIpc) is 3.14. The van der Waals surface area contributed by atoms with Crippen molar-refractivity contribution in [1.29, 1.82) is 0 Å². The number of rotatable bonds is 24. The molecule has 0 saturated carbocycles. The second-order valence-electron chi connectivity index (χ2n) is 20.2. The molecule has 0 aliphatic rings. The van der Waals surface area contributed by atoms with Crippen LogP contribution in [0.1, 0.15) is 158 Å². The molecule has 0 aromatic heterocycles. The Morgan fingerprint density at radius 1 is 0.468 bits per heavy atom. The zero-order valence-corrected chi connectivity index (χ0v) is 40.5. The van der Waals surface area contributed by atoms with Gasteiger partial charge in [0.05, 0.1) is 0 Å². The molecule has 0 radical (unpaired) electrons. The summed E-state index contributed by atoms with van der Waals surface area (Å²) in [5.74, 6) is -0.490. The number of benzene rings is 2. The van der Waals surface area contributed by atoms with Gasteiger partial charge in [0.1, 0.15) is 28.4 Å². The second kappa shape index (κ2) is 26.3. The van der Waals surface area contributed by atoms with E-state index in [1.807, 2.05) is 144 Å². The minimum Gasteiger partial charge on any atom is -0.458 e. The summed E-state index contributed by atoms with van der Waals surface area (Å²) in [6, 6.07) is 18.8. The Hall–Kier alpha value is -4.32. The lowest BCUT2D eigenvalue weighted by Gasteiger charge is -2.34. The smallest absolute Gasteiger partial charge is 0.411 e. The summed E-state index contributed by atoms with van der Waals surface area (Å²) >= 11 is 0. The molecule has 0 aliphatic heterocycles. The third kappa shape index (κ3) is 25.0. The van der Waals surface area contributed by atoms with Crippen LogP contribution in [0.2, 0.25) is 0 Å². The van der Waals surface area contributed by atoms with Gasteiger partial charge in [0.15, 0.2) is 0 Å². The van der Waals surface area contributed by atoms with Crippen LogP contribution in [-0.2, 0) is 36.8 Å². The van der Waals surface area contributed by atoms with E-state index in [1.54, 1.807) is 9.80 Å². The van der Waals surface area contributed by atoms with E-state index < -0.39 is 46.6 Å². The van der Waals surface area contributed by atoms with E-state index in [9.17, 15) is 19.2 Å². The predicted molar refractivity (Wildman–Crippen MR) is 248 cm³/mol. The van der Waals surface area contributed by atoms with Crippen molar-refractivity contribution in [3.63, 3.8) is 0 Å². The normalized spacial score (nSPS) is 12.6. The van der Waals surface area contributed by atoms with Gasteiger partial charge in [-0.2, -0.15) is 0 Å². The topological polar surface area (TPSA) is 127 Å². The van der Waals surface area contributed by atoms with Crippen molar-refractivity contribution >= 4 is 24.2 Å². The predicted octanol–water partition coefficient (Wildman–Crippen LogP) is 11.3. The zero-order chi connectivity index (χ0) is 46.4. The van der Waals surface area contributed by atoms with Crippen LogP contribution >= 0.6 is 0 Å². The van der Waals surface area contributed by atoms with E-state index in [4.69, 9.17) is 18.9 Å². The van der Waals surface area contributed by atoms with Gasteiger partial charge >= 0.3 is 24.2 Å². The highest BCUT2D eigenvalue weighted by atomic mass is 16.6. The van der Waals surface area contributed by atoms with Crippen LogP contribution in [0.15, 0.2) is 60.7 Å². The Morgan fingerprint density at radius 2 is 0.839 bits per heavy atom. The molecule has 2 aromatic rings. The average molecular weight is 867 g/mol. The Bertz CT molecular complexity index is 1590. The monoisotopic (exact) mass is 867 g/mol. The fraction of sp³-hybridized carbons (Fsp3) is 0.680. The summed E-state index contributed by atoms with van der Waals surface area (Å²) in [6.45, 7) is 26.1. The minimum atomic E-state index is -0.892. The summed E-state index contributed by atoms with van der Waals surface area (Å²) in [5, 5.41) is 3.55. The Morgan fingerprint density at radius 3 is 1.29 bits per heavy atom. The Labute approximate surface area is 374 Å². The summed E-state index contributed by atoms with van der Waals surface area (Å²) < 4.78 is 23.1. The molecule has 0 aliphatic carbocycles. The maximum absolute atomic E-state index is 13.8. The van der Waals surface area contributed by atoms with Crippen molar-refractivity contribution in [1.82, 2.24) is 20.0 Å². The first kappa shape index (κ1) is 53.8. The minimum absolute atomic E-state index is 0.283. The van der Waals surface area contributed by atoms with E-state index in [0.29, 0.717) is 45.6 Å². The van der Waals surface area contributed by atoms with Crippen LogP contribution in [0.5, 0.6) is 0 Å². The number of ether oxygens (including phenoxy) is 4. The van der Waals surface area contributed by atoms with Gasteiger partial charge in [-0.1, -0.05) is 86.3 Å². The Balaban J connectivity index is 1.92. The highest BCUT2D eigenvalue weighted by molar-refractivity contribution is 5.82. The fourth-order valence-electron chi connectivity index (χ4n) is 6.59. The largest absolute Gasteiger partial charge is 0.458 e. The summed E-state index contributed by atoms with van der Waals surface area (Å²) in [5.41, 5.74) is -0.688. The van der Waals surface area contributed by atoms with Crippen molar-refractivity contribution in [3.8, 4) is 0 Å². The molecule has 1 atom stereocenters. The number of nitrogens with zero attached hydrogens (tertiary/aromatic N) is 3. The lowest BCUT2D eigenvalue weighted by Crippen LogP contribution is -2.50. The van der Waals surface area contributed by atoms with Gasteiger partial charge in [-0.05, 0) is 146 Å². The first-order chi connectivity index (χ1) is 28.9. The number of hydrogen-bond donors (Lipinski definition) is 1. The van der Waals surface area contributed by atoms with Crippen molar-refractivity contribution in [2.45, 2.75) is 189 Å². The molecule has 62 heavy (non-hydrogen) atoms. The third-order valence-corrected chi connectivity index (χ3v) is 9.36. The highest BCUT2D eigenvalue weighted by Crippen LogP contribution is 2.22. The van der Waals surface area contributed by atoms with Crippen LogP contribution < -0.4 is 5.32 Å². The molecule has 1 N–H and O–H groups in total. The lowest BCUT2D eigenvalue weighted by atomic mass is 10.1. The third-order valence-electron chi connectivity index (χ3n) is 9.36. The summed E-state index contributed by atoms with van der Waals surface area (Å²) in [4.78, 5) is 58.8. The Kier molecular flexibility index (Phi) is 22.9. The van der Waals surface area contributed by atoms with E-state index in [-0.39, 0.29) is 12.5 Å². The van der Waals surface area contributed by atoms with Crippen LogP contribution in [0.3, 0.4) is 0 Å². The van der Waals surface area contributed by atoms with Gasteiger partial charge in [0.25, 0.3) is 0 Å². The van der Waals surface area contributed by atoms with Gasteiger partial charge in [0, 0.05) is 32.7 Å². The van der Waals surface area contributed by atoms with Crippen LogP contribution in [0, 0.1) is 0 Å². The first-order valence-electron chi connectivity index (χ1n) is 22.9. The van der Waals surface area contributed by atoms with Crippen molar-refractivity contribution in [2.75, 3.05) is 32.7 Å². The molecule has 0 saturated heterocycles. The molecule has 0 spiro atoms. The number of unbranched alkanes of at least 4 members (excludes halogenated alkanes) is 6. The van der Waals surface area contributed by atoms with Gasteiger partial charge in [-0.25, -0.2) is 19.2 Å². The number of esters is 1. The highest BCUT2D eigenvalue weighted by Gasteiger charge is 2.36. The fourth-order valence-corrected chi connectivity index (χ4v) is 6.59. The van der Waals surface area contributed by atoms with E-state index in [2.05, 4.69) is 5.32 Å². The number of carbonyl (C=O) groups is 4. The molecule has 0 heterocycles. The van der Waals surface area contributed by atoms with Crippen molar-refractivity contribution in [2.24, 2.45) is 0 Å². The van der Waals surface area contributed by atoms with Gasteiger partial charge in [-0.3, -0.25) is 4.90 Å². The van der Waals surface area contributed by atoms with Crippen LogP contribution in [-0.4, -0.2) is 100 Å². The van der Waals surface area contributed by atoms with Crippen molar-refractivity contribution < 1.29 is 38.1 Å².